The molecule has 1 atom stereocenters. The molecule has 0 unspecified atom stereocenters. The molecule has 0 aromatic heterocycles. The zero-order valence-electron chi connectivity index (χ0n) is 12.4. The van der Waals surface area contributed by atoms with Crippen molar-refractivity contribution in [3.8, 4) is 6.07 Å². The number of carbonyl (C=O) groups is 2. The lowest BCUT2D eigenvalue weighted by Gasteiger charge is -2.36. The van der Waals surface area contributed by atoms with Gasteiger partial charge in [0.1, 0.15) is 6.04 Å². The van der Waals surface area contributed by atoms with E-state index in [-0.39, 0.29) is 17.2 Å². The van der Waals surface area contributed by atoms with Crippen molar-refractivity contribution in [3.63, 3.8) is 0 Å². The Morgan fingerprint density at radius 3 is 2.50 bits per heavy atom. The van der Waals surface area contributed by atoms with E-state index in [0.29, 0.717) is 32.4 Å². The molecule has 0 radical (unpaired) electrons. The standard InChI is InChI=1S/C14H23N3O2S/c1-11(18)16-12(4-9-20-3)13(19)17-7-5-14(2,10-15)6-8-17/h12H,4-9H2,1-3H3,(H,16,18)/t12-/m0/s1. The lowest BCUT2D eigenvalue weighted by Crippen LogP contribution is -2.51. The number of likely N-dealkylation sites (tertiary alicyclic amines) is 1. The SMILES string of the molecule is CSCC[C@H](NC(C)=O)C(=O)N1CCC(C)(C#N)CC1. The Morgan fingerprint density at radius 2 is 2.05 bits per heavy atom. The van der Waals surface area contributed by atoms with Gasteiger partial charge in [-0.3, -0.25) is 9.59 Å². The minimum atomic E-state index is -0.439. The van der Waals surface area contributed by atoms with Crippen LogP contribution in [0.4, 0.5) is 0 Å². The molecular weight excluding hydrogens is 274 g/mol. The molecule has 1 heterocycles. The van der Waals surface area contributed by atoms with Crippen molar-refractivity contribution in [2.45, 2.75) is 39.2 Å². The maximum absolute atomic E-state index is 12.5. The smallest absolute Gasteiger partial charge is 0.245 e. The van der Waals surface area contributed by atoms with Crippen molar-refractivity contribution in [1.82, 2.24) is 10.2 Å². The van der Waals surface area contributed by atoms with Crippen LogP contribution >= 0.6 is 11.8 Å². The van der Waals surface area contributed by atoms with Crippen LogP contribution in [-0.4, -0.2) is 47.9 Å². The van der Waals surface area contributed by atoms with Gasteiger partial charge in [0.2, 0.25) is 11.8 Å². The topological polar surface area (TPSA) is 73.2 Å². The van der Waals surface area contributed by atoms with Crippen LogP contribution in [0.3, 0.4) is 0 Å². The highest BCUT2D eigenvalue weighted by atomic mass is 32.2. The Kier molecular flexibility index (Phi) is 6.34. The van der Waals surface area contributed by atoms with Gasteiger partial charge in [-0.1, -0.05) is 0 Å². The van der Waals surface area contributed by atoms with Crippen LogP contribution in [0.1, 0.15) is 33.1 Å². The molecule has 6 heteroatoms. The number of nitrogens with zero attached hydrogens (tertiary/aromatic N) is 2. The summed E-state index contributed by atoms with van der Waals surface area (Å²) in [4.78, 5) is 25.5. The van der Waals surface area contributed by atoms with Crippen LogP contribution in [0.15, 0.2) is 0 Å². The van der Waals surface area contributed by atoms with E-state index in [4.69, 9.17) is 5.26 Å². The van der Waals surface area contributed by atoms with E-state index >= 15 is 0 Å². The first-order valence-corrected chi connectivity index (χ1v) is 8.27. The number of nitrogens with one attached hydrogen (secondary N) is 1. The summed E-state index contributed by atoms with van der Waals surface area (Å²) in [7, 11) is 0. The number of thioether (sulfide) groups is 1. The number of rotatable bonds is 5. The molecule has 1 saturated heterocycles. The third kappa shape index (κ3) is 4.71. The summed E-state index contributed by atoms with van der Waals surface area (Å²) < 4.78 is 0. The number of piperidine rings is 1. The van der Waals surface area contributed by atoms with Crippen molar-refractivity contribution in [1.29, 1.82) is 5.26 Å². The summed E-state index contributed by atoms with van der Waals surface area (Å²) in [5.41, 5.74) is -0.320. The highest BCUT2D eigenvalue weighted by Crippen LogP contribution is 2.30. The number of carbonyl (C=O) groups excluding carboxylic acids is 2. The van der Waals surface area contributed by atoms with Gasteiger partial charge in [0.25, 0.3) is 0 Å². The molecular formula is C14H23N3O2S. The molecule has 20 heavy (non-hydrogen) atoms. The minimum Gasteiger partial charge on any atom is -0.345 e. The fourth-order valence-corrected chi connectivity index (χ4v) is 2.76. The van der Waals surface area contributed by atoms with Crippen molar-refractivity contribution < 1.29 is 9.59 Å². The van der Waals surface area contributed by atoms with Crippen LogP contribution in [0.5, 0.6) is 0 Å². The molecule has 2 amide bonds. The Hall–Kier alpha value is -1.22. The molecule has 5 nitrogen and oxygen atoms in total. The quantitative estimate of drug-likeness (QED) is 0.832. The Balaban J connectivity index is 2.62. The van der Waals surface area contributed by atoms with Gasteiger partial charge < -0.3 is 10.2 Å². The Bertz CT molecular complexity index is 398. The van der Waals surface area contributed by atoms with E-state index in [2.05, 4.69) is 11.4 Å². The van der Waals surface area contributed by atoms with Gasteiger partial charge in [-0.15, -0.1) is 0 Å². The summed E-state index contributed by atoms with van der Waals surface area (Å²) in [6.07, 6.45) is 4.02. The maximum atomic E-state index is 12.5. The molecule has 1 aliphatic rings. The van der Waals surface area contributed by atoms with Gasteiger partial charge in [0.05, 0.1) is 11.5 Å². The molecule has 1 fully saturated rings. The first-order valence-electron chi connectivity index (χ1n) is 6.88. The van der Waals surface area contributed by atoms with Crippen LogP contribution in [0, 0.1) is 16.7 Å². The Morgan fingerprint density at radius 1 is 1.45 bits per heavy atom. The van der Waals surface area contributed by atoms with Crippen molar-refractivity contribution >= 4 is 23.6 Å². The van der Waals surface area contributed by atoms with Crippen molar-refractivity contribution in [2.75, 3.05) is 25.1 Å². The molecule has 112 valence electrons. The fraction of sp³-hybridized carbons (Fsp3) is 0.786. The summed E-state index contributed by atoms with van der Waals surface area (Å²) in [5, 5.41) is 11.8. The molecule has 0 aromatic rings. The van der Waals surface area contributed by atoms with Crippen LogP contribution in [0.25, 0.3) is 0 Å². The lowest BCUT2D eigenvalue weighted by atomic mass is 9.82. The minimum absolute atomic E-state index is 0.0192. The van der Waals surface area contributed by atoms with E-state index in [1.165, 1.54) is 6.92 Å². The predicted molar refractivity (Wildman–Crippen MR) is 80.1 cm³/mol. The van der Waals surface area contributed by atoms with E-state index in [0.717, 1.165) is 5.75 Å². The van der Waals surface area contributed by atoms with Crippen molar-refractivity contribution in [2.24, 2.45) is 5.41 Å². The van der Waals surface area contributed by atoms with Gasteiger partial charge in [0, 0.05) is 20.0 Å². The van der Waals surface area contributed by atoms with Crippen LogP contribution < -0.4 is 5.32 Å². The number of hydrogen-bond donors (Lipinski definition) is 1. The first-order chi connectivity index (χ1) is 9.41. The van der Waals surface area contributed by atoms with Crippen molar-refractivity contribution in [3.05, 3.63) is 0 Å². The monoisotopic (exact) mass is 297 g/mol. The second kappa shape index (κ2) is 7.53. The van der Waals surface area contributed by atoms with E-state index in [1.54, 1.807) is 16.7 Å². The normalized spacial score (nSPS) is 19.0. The first kappa shape index (κ1) is 16.8. The molecule has 0 aliphatic carbocycles. The summed E-state index contributed by atoms with van der Waals surface area (Å²) in [5.74, 6) is 0.637. The highest BCUT2D eigenvalue weighted by Gasteiger charge is 2.34. The largest absolute Gasteiger partial charge is 0.345 e. The summed E-state index contributed by atoms with van der Waals surface area (Å²) in [6.45, 7) is 4.56. The second-order valence-corrected chi connectivity index (χ2v) is 6.52. The van der Waals surface area contributed by atoms with Gasteiger partial charge in [-0.25, -0.2) is 0 Å². The number of amides is 2. The second-order valence-electron chi connectivity index (χ2n) is 5.53. The van der Waals surface area contributed by atoms with Gasteiger partial charge >= 0.3 is 0 Å². The van der Waals surface area contributed by atoms with Gasteiger partial charge in [-0.2, -0.15) is 17.0 Å². The zero-order valence-corrected chi connectivity index (χ0v) is 13.3. The average molecular weight is 297 g/mol. The Labute approximate surface area is 125 Å². The van der Waals surface area contributed by atoms with Crippen LogP contribution in [0.2, 0.25) is 0 Å². The third-order valence-electron chi connectivity index (χ3n) is 3.73. The number of hydrogen-bond acceptors (Lipinski definition) is 4. The van der Waals surface area contributed by atoms with Gasteiger partial charge in [-0.05, 0) is 38.2 Å². The summed E-state index contributed by atoms with van der Waals surface area (Å²) >= 11 is 1.66. The maximum Gasteiger partial charge on any atom is 0.245 e. The molecule has 1 N–H and O–H groups in total. The summed E-state index contributed by atoms with van der Waals surface area (Å²) in [6, 6.07) is 1.89. The lowest BCUT2D eigenvalue weighted by molar-refractivity contribution is -0.137. The van der Waals surface area contributed by atoms with E-state index in [1.807, 2.05) is 13.2 Å². The predicted octanol–water partition coefficient (Wildman–Crippen LogP) is 1.40. The molecule has 1 aliphatic heterocycles. The molecule has 0 spiro atoms. The fourth-order valence-electron chi connectivity index (χ4n) is 2.29. The molecule has 0 aromatic carbocycles. The molecule has 0 saturated carbocycles. The molecule has 1 rings (SSSR count). The number of nitriles is 1. The highest BCUT2D eigenvalue weighted by molar-refractivity contribution is 7.98. The van der Waals surface area contributed by atoms with E-state index < -0.39 is 6.04 Å². The zero-order chi connectivity index (χ0) is 15.2. The van der Waals surface area contributed by atoms with E-state index in [9.17, 15) is 9.59 Å². The third-order valence-corrected chi connectivity index (χ3v) is 4.38. The molecule has 0 bridgehead atoms. The van der Waals surface area contributed by atoms with Gasteiger partial charge in [0.15, 0.2) is 0 Å². The average Bonchev–Trinajstić information content (AvgIpc) is 2.43. The van der Waals surface area contributed by atoms with Crippen LogP contribution in [-0.2, 0) is 9.59 Å².